The molecule has 5 nitrogen and oxygen atoms in total. The summed E-state index contributed by atoms with van der Waals surface area (Å²) >= 11 is 5.74. The number of nitro groups is 1. The number of hydrogen-bond acceptors (Lipinski definition) is 4. The summed E-state index contributed by atoms with van der Waals surface area (Å²) in [5.74, 6) is 0.0700. The van der Waals surface area contributed by atoms with E-state index in [1.54, 1.807) is 31.2 Å². The van der Waals surface area contributed by atoms with E-state index >= 15 is 0 Å². The Morgan fingerprint density at radius 3 is 2.57 bits per heavy atom. The molecule has 0 saturated carbocycles. The van der Waals surface area contributed by atoms with Gasteiger partial charge in [-0.25, -0.2) is 0 Å². The van der Waals surface area contributed by atoms with Gasteiger partial charge in [0.1, 0.15) is 12.2 Å². The van der Waals surface area contributed by atoms with Crippen LogP contribution in [0.1, 0.15) is 12.5 Å². The SMILES string of the molecule is CC(O)(COc1ccc(Cl)cc1[N+](=O)[O-])c1ccccc1. The molecule has 2 aromatic rings. The van der Waals surface area contributed by atoms with Gasteiger partial charge in [-0.2, -0.15) is 0 Å². The summed E-state index contributed by atoms with van der Waals surface area (Å²) in [5, 5.41) is 21.6. The third-order valence-electron chi connectivity index (χ3n) is 3.02. The lowest BCUT2D eigenvalue weighted by molar-refractivity contribution is -0.386. The van der Waals surface area contributed by atoms with E-state index in [2.05, 4.69) is 0 Å². The largest absolute Gasteiger partial charge is 0.483 e. The number of ether oxygens (including phenoxy) is 1. The fourth-order valence-corrected chi connectivity index (χ4v) is 2.02. The highest BCUT2D eigenvalue weighted by atomic mass is 35.5. The molecular weight excluding hydrogens is 294 g/mol. The summed E-state index contributed by atoms with van der Waals surface area (Å²) in [6.45, 7) is 1.48. The standard InChI is InChI=1S/C15H14ClNO4/c1-15(18,11-5-3-2-4-6-11)10-21-14-8-7-12(16)9-13(14)17(19)20/h2-9,18H,10H2,1H3. The van der Waals surface area contributed by atoms with E-state index in [9.17, 15) is 15.2 Å². The van der Waals surface area contributed by atoms with Crippen molar-refractivity contribution in [2.45, 2.75) is 12.5 Å². The molecule has 0 heterocycles. The molecule has 0 amide bonds. The average Bonchev–Trinajstić information content (AvgIpc) is 2.47. The lowest BCUT2D eigenvalue weighted by atomic mass is 9.97. The second kappa shape index (κ2) is 6.11. The number of rotatable bonds is 5. The Morgan fingerprint density at radius 2 is 1.95 bits per heavy atom. The van der Waals surface area contributed by atoms with Crippen LogP contribution in [0.4, 0.5) is 5.69 Å². The molecule has 0 aliphatic rings. The monoisotopic (exact) mass is 307 g/mol. The Labute approximate surface area is 126 Å². The minimum Gasteiger partial charge on any atom is -0.483 e. The van der Waals surface area contributed by atoms with E-state index in [4.69, 9.17) is 16.3 Å². The molecule has 2 aromatic carbocycles. The molecule has 110 valence electrons. The van der Waals surface area contributed by atoms with E-state index in [0.29, 0.717) is 5.56 Å². The highest BCUT2D eigenvalue weighted by Crippen LogP contribution is 2.31. The van der Waals surface area contributed by atoms with Crippen molar-refractivity contribution >= 4 is 17.3 Å². The van der Waals surface area contributed by atoms with E-state index in [1.165, 1.54) is 18.2 Å². The molecule has 0 aliphatic heterocycles. The number of nitrogens with zero attached hydrogens (tertiary/aromatic N) is 1. The van der Waals surface area contributed by atoms with Crippen molar-refractivity contribution in [3.05, 3.63) is 69.2 Å². The molecular formula is C15H14ClNO4. The molecule has 2 rings (SSSR count). The summed E-state index contributed by atoms with van der Waals surface area (Å²) in [4.78, 5) is 10.4. The first kappa shape index (κ1) is 15.3. The van der Waals surface area contributed by atoms with Crippen molar-refractivity contribution in [3.8, 4) is 5.75 Å². The summed E-state index contributed by atoms with van der Waals surface area (Å²) < 4.78 is 5.42. The van der Waals surface area contributed by atoms with Crippen LogP contribution in [0.3, 0.4) is 0 Å². The molecule has 0 saturated heterocycles. The fraction of sp³-hybridized carbons (Fsp3) is 0.200. The first-order chi connectivity index (χ1) is 9.90. The second-order valence-corrected chi connectivity index (χ2v) is 5.23. The molecule has 1 atom stereocenters. The highest BCUT2D eigenvalue weighted by Gasteiger charge is 2.25. The molecule has 0 radical (unpaired) electrons. The first-order valence-corrected chi connectivity index (χ1v) is 6.62. The van der Waals surface area contributed by atoms with Crippen molar-refractivity contribution in [3.63, 3.8) is 0 Å². The van der Waals surface area contributed by atoms with Crippen LogP contribution in [-0.2, 0) is 5.60 Å². The zero-order valence-corrected chi connectivity index (χ0v) is 12.1. The van der Waals surface area contributed by atoms with Gasteiger partial charge in [0.15, 0.2) is 5.75 Å². The third-order valence-corrected chi connectivity index (χ3v) is 3.26. The van der Waals surface area contributed by atoms with Crippen LogP contribution in [0.25, 0.3) is 0 Å². The maximum atomic E-state index is 11.0. The average molecular weight is 308 g/mol. The zero-order chi connectivity index (χ0) is 15.5. The third kappa shape index (κ3) is 3.71. The molecule has 1 N–H and O–H groups in total. The number of hydrogen-bond donors (Lipinski definition) is 1. The second-order valence-electron chi connectivity index (χ2n) is 4.80. The minimum absolute atomic E-state index is 0.0700. The molecule has 0 aliphatic carbocycles. The summed E-state index contributed by atoms with van der Waals surface area (Å²) in [7, 11) is 0. The normalized spacial score (nSPS) is 13.5. The number of benzene rings is 2. The van der Waals surface area contributed by atoms with Crippen LogP contribution in [-0.4, -0.2) is 16.6 Å². The van der Waals surface area contributed by atoms with Crippen LogP contribution >= 0.6 is 11.6 Å². The molecule has 0 bridgehead atoms. The van der Waals surface area contributed by atoms with Gasteiger partial charge in [-0.1, -0.05) is 41.9 Å². The van der Waals surface area contributed by atoms with Crippen molar-refractivity contribution in [1.29, 1.82) is 0 Å². The Hall–Kier alpha value is -2.11. The van der Waals surface area contributed by atoms with E-state index in [-0.39, 0.29) is 23.1 Å². The maximum Gasteiger partial charge on any atom is 0.312 e. The van der Waals surface area contributed by atoms with Gasteiger partial charge in [0.05, 0.1) is 4.92 Å². The lowest BCUT2D eigenvalue weighted by Crippen LogP contribution is -2.29. The van der Waals surface area contributed by atoms with Crippen LogP contribution in [0.2, 0.25) is 5.02 Å². The topological polar surface area (TPSA) is 72.6 Å². The molecule has 0 fully saturated rings. The van der Waals surface area contributed by atoms with Gasteiger partial charge in [-0.3, -0.25) is 10.1 Å². The molecule has 0 aromatic heterocycles. The number of halogens is 1. The first-order valence-electron chi connectivity index (χ1n) is 6.25. The summed E-state index contributed by atoms with van der Waals surface area (Å²) in [6, 6.07) is 13.1. The number of aliphatic hydroxyl groups is 1. The smallest absolute Gasteiger partial charge is 0.312 e. The minimum atomic E-state index is -1.26. The number of nitro benzene ring substituents is 1. The van der Waals surface area contributed by atoms with E-state index in [0.717, 1.165) is 0 Å². The van der Waals surface area contributed by atoms with Crippen molar-refractivity contribution in [2.75, 3.05) is 6.61 Å². The van der Waals surface area contributed by atoms with Gasteiger partial charge in [0.2, 0.25) is 0 Å². The lowest BCUT2D eigenvalue weighted by Gasteiger charge is -2.23. The fourth-order valence-electron chi connectivity index (χ4n) is 1.85. The van der Waals surface area contributed by atoms with Crippen molar-refractivity contribution in [1.82, 2.24) is 0 Å². The van der Waals surface area contributed by atoms with Gasteiger partial charge in [-0.15, -0.1) is 0 Å². The zero-order valence-electron chi connectivity index (χ0n) is 11.3. The summed E-state index contributed by atoms with van der Waals surface area (Å²) in [6.07, 6.45) is 0. The van der Waals surface area contributed by atoms with Gasteiger partial charge in [-0.05, 0) is 24.6 Å². The molecule has 6 heteroatoms. The Balaban J connectivity index is 2.18. The van der Waals surface area contributed by atoms with Crippen molar-refractivity contribution in [2.24, 2.45) is 0 Å². The van der Waals surface area contributed by atoms with Crippen LogP contribution in [0.15, 0.2) is 48.5 Å². The van der Waals surface area contributed by atoms with Gasteiger partial charge in [0, 0.05) is 11.1 Å². The summed E-state index contributed by atoms with van der Waals surface area (Å²) in [5.41, 5.74) is -0.817. The molecule has 1 unspecified atom stereocenters. The predicted molar refractivity (Wildman–Crippen MR) is 79.6 cm³/mol. The highest BCUT2D eigenvalue weighted by molar-refractivity contribution is 6.30. The van der Waals surface area contributed by atoms with Crippen LogP contribution < -0.4 is 4.74 Å². The van der Waals surface area contributed by atoms with Crippen LogP contribution in [0, 0.1) is 10.1 Å². The Bertz CT molecular complexity index is 643. The van der Waals surface area contributed by atoms with Crippen molar-refractivity contribution < 1.29 is 14.8 Å². The predicted octanol–water partition coefficient (Wildman–Crippen LogP) is 3.53. The van der Waals surface area contributed by atoms with E-state index in [1.807, 2.05) is 6.07 Å². The Morgan fingerprint density at radius 1 is 1.29 bits per heavy atom. The van der Waals surface area contributed by atoms with Gasteiger partial charge < -0.3 is 9.84 Å². The van der Waals surface area contributed by atoms with Gasteiger partial charge in [0.25, 0.3) is 0 Å². The maximum absolute atomic E-state index is 11.0. The molecule has 21 heavy (non-hydrogen) atoms. The van der Waals surface area contributed by atoms with Crippen LogP contribution in [0.5, 0.6) is 5.75 Å². The Kier molecular flexibility index (Phi) is 4.45. The quantitative estimate of drug-likeness (QED) is 0.677. The molecule has 0 spiro atoms. The van der Waals surface area contributed by atoms with Gasteiger partial charge >= 0.3 is 5.69 Å². The van der Waals surface area contributed by atoms with E-state index < -0.39 is 10.5 Å².